The van der Waals surface area contributed by atoms with E-state index in [1.165, 1.54) is 18.2 Å². The predicted octanol–water partition coefficient (Wildman–Crippen LogP) is 3.25. The third kappa shape index (κ3) is 3.49. The average molecular weight is 358 g/mol. The van der Waals surface area contributed by atoms with E-state index >= 15 is 0 Å². The Hall–Kier alpha value is -1.80. The molecule has 3 atom stereocenters. The van der Waals surface area contributed by atoms with Gasteiger partial charge in [0.05, 0.1) is 0 Å². The standard InChI is InChI=1S/C16H17F3N2O2S/c17-16(18,19)24(22,23)21-13-3-1-2-12(8-13)10-4-6-11(7-5-10)14-9-15(14)20/h1-6,8,11,14-15,21H,7,9,20H2/t11?,14?,15-/m0/s1. The van der Waals surface area contributed by atoms with Crippen LogP contribution in [0.3, 0.4) is 0 Å². The first-order valence-corrected chi connectivity index (χ1v) is 8.99. The lowest BCUT2D eigenvalue weighted by Gasteiger charge is -2.17. The summed E-state index contributed by atoms with van der Waals surface area (Å²) in [5, 5.41) is 0. The van der Waals surface area contributed by atoms with Gasteiger partial charge < -0.3 is 5.73 Å². The molecule has 0 heterocycles. The van der Waals surface area contributed by atoms with Gasteiger partial charge in [0.25, 0.3) is 0 Å². The lowest BCUT2D eigenvalue weighted by Crippen LogP contribution is -2.29. The van der Waals surface area contributed by atoms with E-state index < -0.39 is 15.5 Å². The van der Waals surface area contributed by atoms with Crippen LogP contribution >= 0.6 is 0 Å². The van der Waals surface area contributed by atoms with Gasteiger partial charge >= 0.3 is 15.5 Å². The quantitative estimate of drug-likeness (QED) is 0.868. The highest BCUT2D eigenvalue weighted by atomic mass is 32.2. The summed E-state index contributed by atoms with van der Waals surface area (Å²) in [5.41, 5.74) is 1.90. The molecule has 130 valence electrons. The normalized spacial score (nSPS) is 26.8. The van der Waals surface area contributed by atoms with Crippen molar-refractivity contribution in [2.24, 2.45) is 17.6 Å². The third-order valence-electron chi connectivity index (χ3n) is 4.33. The predicted molar refractivity (Wildman–Crippen MR) is 86.3 cm³/mol. The first kappa shape index (κ1) is 17.0. The van der Waals surface area contributed by atoms with Gasteiger partial charge in [0.15, 0.2) is 0 Å². The van der Waals surface area contributed by atoms with Crippen LogP contribution in [0, 0.1) is 11.8 Å². The van der Waals surface area contributed by atoms with Gasteiger partial charge in [-0.3, -0.25) is 4.72 Å². The van der Waals surface area contributed by atoms with Crippen molar-refractivity contribution in [2.75, 3.05) is 4.72 Å². The first-order valence-electron chi connectivity index (χ1n) is 7.51. The Balaban J connectivity index is 1.75. The van der Waals surface area contributed by atoms with E-state index in [2.05, 4.69) is 6.08 Å². The summed E-state index contributed by atoms with van der Waals surface area (Å²) in [6.45, 7) is 0. The van der Waals surface area contributed by atoms with Crippen molar-refractivity contribution >= 4 is 21.3 Å². The molecular formula is C16H17F3N2O2S. The number of alkyl halides is 3. The molecule has 0 aliphatic heterocycles. The summed E-state index contributed by atoms with van der Waals surface area (Å²) < 4.78 is 61.3. The van der Waals surface area contributed by atoms with Crippen LogP contribution in [0.2, 0.25) is 0 Å². The number of benzene rings is 1. The highest BCUT2D eigenvalue weighted by Crippen LogP contribution is 2.41. The monoisotopic (exact) mass is 358 g/mol. The van der Waals surface area contributed by atoms with Crippen molar-refractivity contribution < 1.29 is 21.6 Å². The maximum Gasteiger partial charge on any atom is 0.516 e. The van der Waals surface area contributed by atoms with Gasteiger partial charge in [0.1, 0.15) is 0 Å². The number of halogens is 3. The molecule has 8 heteroatoms. The molecule has 1 fully saturated rings. The second kappa shape index (κ2) is 5.93. The zero-order valence-electron chi connectivity index (χ0n) is 12.6. The van der Waals surface area contributed by atoms with Crippen molar-refractivity contribution in [1.29, 1.82) is 0 Å². The van der Waals surface area contributed by atoms with Gasteiger partial charge in [0, 0.05) is 11.7 Å². The number of hydrogen-bond acceptors (Lipinski definition) is 3. The first-order chi connectivity index (χ1) is 11.2. The van der Waals surface area contributed by atoms with Crippen molar-refractivity contribution in [2.45, 2.75) is 24.4 Å². The smallest absolute Gasteiger partial charge is 0.327 e. The van der Waals surface area contributed by atoms with E-state index in [0.717, 1.165) is 18.4 Å². The summed E-state index contributed by atoms with van der Waals surface area (Å²) in [4.78, 5) is 0. The van der Waals surface area contributed by atoms with Gasteiger partial charge in [0.2, 0.25) is 0 Å². The number of sulfonamides is 1. The second-order valence-corrected chi connectivity index (χ2v) is 7.79. The molecule has 24 heavy (non-hydrogen) atoms. The molecule has 3 N–H and O–H groups in total. The largest absolute Gasteiger partial charge is 0.516 e. The zero-order valence-corrected chi connectivity index (χ0v) is 13.4. The molecule has 0 bridgehead atoms. The molecule has 0 spiro atoms. The Kier molecular flexibility index (Phi) is 4.21. The molecule has 1 aromatic carbocycles. The highest BCUT2D eigenvalue weighted by Gasteiger charge is 2.46. The second-order valence-electron chi connectivity index (χ2n) is 6.11. The van der Waals surface area contributed by atoms with Crippen LogP contribution in [0.15, 0.2) is 42.5 Å². The maximum absolute atomic E-state index is 12.4. The highest BCUT2D eigenvalue weighted by molar-refractivity contribution is 7.93. The molecule has 1 aromatic rings. The number of nitrogens with one attached hydrogen (secondary N) is 1. The van der Waals surface area contributed by atoms with Crippen LogP contribution in [0.4, 0.5) is 18.9 Å². The lowest BCUT2D eigenvalue weighted by molar-refractivity contribution is -0.0429. The van der Waals surface area contributed by atoms with Crippen molar-refractivity contribution in [3.8, 4) is 0 Å². The topological polar surface area (TPSA) is 72.2 Å². The SMILES string of the molecule is N[C@H]1CC1C1C=CC(c2cccc(NS(=O)(=O)C(F)(F)F)c2)=CC1. The summed E-state index contributed by atoms with van der Waals surface area (Å²) in [7, 11) is -5.42. The molecule has 4 nitrogen and oxygen atoms in total. The molecule has 2 aliphatic rings. The van der Waals surface area contributed by atoms with Crippen LogP contribution in [-0.2, 0) is 10.0 Å². The van der Waals surface area contributed by atoms with E-state index in [9.17, 15) is 21.6 Å². The number of allylic oxidation sites excluding steroid dienone is 4. The van der Waals surface area contributed by atoms with Crippen molar-refractivity contribution in [3.05, 3.63) is 48.1 Å². The van der Waals surface area contributed by atoms with E-state index in [0.29, 0.717) is 17.4 Å². The fourth-order valence-corrected chi connectivity index (χ4v) is 3.42. The minimum Gasteiger partial charge on any atom is -0.327 e. The molecule has 3 rings (SSSR count). The van der Waals surface area contributed by atoms with Gasteiger partial charge in [-0.05, 0) is 47.9 Å². The Morgan fingerprint density at radius 2 is 1.96 bits per heavy atom. The Labute approximate surface area is 138 Å². The molecular weight excluding hydrogens is 341 g/mol. The molecule has 0 radical (unpaired) electrons. The Morgan fingerprint density at radius 3 is 2.50 bits per heavy atom. The molecule has 0 aromatic heterocycles. The number of rotatable bonds is 4. The van der Waals surface area contributed by atoms with Gasteiger partial charge in [-0.1, -0.05) is 30.4 Å². The van der Waals surface area contributed by atoms with Crippen LogP contribution in [-0.4, -0.2) is 20.0 Å². The van der Waals surface area contributed by atoms with Crippen LogP contribution in [0.5, 0.6) is 0 Å². The zero-order chi connectivity index (χ0) is 17.5. The number of nitrogens with two attached hydrogens (primary N) is 1. The number of anilines is 1. The summed E-state index contributed by atoms with van der Waals surface area (Å²) >= 11 is 0. The van der Waals surface area contributed by atoms with E-state index in [-0.39, 0.29) is 11.7 Å². The van der Waals surface area contributed by atoms with E-state index in [1.807, 2.05) is 12.2 Å². The minimum atomic E-state index is -5.42. The fraction of sp³-hybridized carbons (Fsp3) is 0.375. The van der Waals surface area contributed by atoms with Crippen molar-refractivity contribution in [1.82, 2.24) is 0 Å². The van der Waals surface area contributed by atoms with Gasteiger partial charge in [-0.2, -0.15) is 21.6 Å². The third-order valence-corrected chi connectivity index (χ3v) is 5.44. The molecule has 0 saturated heterocycles. The van der Waals surface area contributed by atoms with Crippen LogP contribution in [0.1, 0.15) is 18.4 Å². The van der Waals surface area contributed by atoms with Gasteiger partial charge in [-0.15, -0.1) is 0 Å². The summed E-state index contributed by atoms with van der Waals surface area (Å²) in [5.74, 6) is 0.902. The Bertz CT molecular complexity index is 800. The molecule has 2 aliphatic carbocycles. The van der Waals surface area contributed by atoms with Crippen LogP contribution in [0.25, 0.3) is 5.57 Å². The van der Waals surface area contributed by atoms with E-state index in [4.69, 9.17) is 5.73 Å². The van der Waals surface area contributed by atoms with Crippen LogP contribution < -0.4 is 10.5 Å². The molecule has 0 amide bonds. The molecule has 2 unspecified atom stereocenters. The van der Waals surface area contributed by atoms with E-state index in [1.54, 1.807) is 10.8 Å². The summed E-state index contributed by atoms with van der Waals surface area (Å²) in [6, 6.07) is 6.18. The lowest BCUT2D eigenvalue weighted by atomic mass is 9.90. The average Bonchev–Trinajstić information content (AvgIpc) is 3.23. The molecule has 1 saturated carbocycles. The van der Waals surface area contributed by atoms with Gasteiger partial charge in [-0.25, -0.2) is 0 Å². The maximum atomic E-state index is 12.4. The number of hydrogen-bond donors (Lipinski definition) is 2. The van der Waals surface area contributed by atoms with Crippen molar-refractivity contribution in [3.63, 3.8) is 0 Å². The minimum absolute atomic E-state index is 0.120. The Morgan fingerprint density at radius 1 is 1.25 bits per heavy atom. The fourth-order valence-electron chi connectivity index (χ4n) is 2.87. The summed E-state index contributed by atoms with van der Waals surface area (Å²) in [6.07, 6.45) is 7.83.